The molecular weight excluding hydrogens is 226 g/mol. The molecule has 1 aromatic heterocycles. The molecule has 0 amide bonds. The van der Waals surface area contributed by atoms with E-state index in [-0.39, 0.29) is 18.2 Å². The lowest BCUT2D eigenvalue weighted by molar-refractivity contribution is -0.384. The van der Waals surface area contributed by atoms with Crippen molar-refractivity contribution in [2.45, 2.75) is 0 Å². The van der Waals surface area contributed by atoms with Gasteiger partial charge in [0.1, 0.15) is 6.61 Å². The van der Waals surface area contributed by atoms with Gasteiger partial charge in [0.05, 0.1) is 16.6 Å². The summed E-state index contributed by atoms with van der Waals surface area (Å²) in [7, 11) is 1.41. The quantitative estimate of drug-likeness (QED) is 0.589. The zero-order valence-corrected chi connectivity index (χ0v) is 8.99. The highest BCUT2D eigenvalue weighted by Crippen LogP contribution is 2.20. The van der Waals surface area contributed by atoms with Crippen LogP contribution in [-0.2, 0) is 4.74 Å². The van der Waals surface area contributed by atoms with Crippen molar-refractivity contribution in [1.29, 1.82) is 0 Å². The van der Waals surface area contributed by atoms with Crippen LogP contribution in [0.3, 0.4) is 0 Å². The van der Waals surface area contributed by atoms with Crippen LogP contribution in [0.4, 0.5) is 5.69 Å². The van der Waals surface area contributed by atoms with Crippen LogP contribution in [-0.4, -0.2) is 34.3 Å². The first-order chi connectivity index (χ1) is 8.13. The summed E-state index contributed by atoms with van der Waals surface area (Å²) in [5, 5.41) is 15.0. The molecule has 0 N–H and O–H groups in total. The van der Waals surface area contributed by atoms with Gasteiger partial charge in [0.2, 0.25) is 0 Å². The number of hydrogen-bond donors (Lipinski definition) is 0. The zero-order chi connectivity index (χ0) is 12.4. The number of aromatic nitrogens is 2. The number of methoxy groups -OCH3 is 1. The van der Waals surface area contributed by atoms with Crippen molar-refractivity contribution in [1.82, 2.24) is 9.78 Å². The van der Waals surface area contributed by atoms with Gasteiger partial charge in [0, 0.05) is 24.6 Å². The van der Waals surface area contributed by atoms with E-state index in [0.717, 1.165) is 0 Å². The van der Waals surface area contributed by atoms with Crippen LogP contribution in [0, 0.1) is 10.1 Å². The molecule has 7 heteroatoms. The number of benzene rings is 1. The molecule has 0 saturated heterocycles. The van der Waals surface area contributed by atoms with E-state index in [1.807, 2.05) is 0 Å². The van der Waals surface area contributed by atoms with E-state index in [1.165, 1.54) is 36.2 Å². The van der Waals surface area contributed by atoms with Crippen molar-refractivity contribution < 1.29 is 14.5 Å². The highest BCUT2D eigenvalue weighted by molar-refractivity contribution is 5.92. The van der Waals surface area contributed by atoms with Crippen molar-refractivity contribution >= 4 is 22.5 Å². The molecule has 0 bridgehead atoms. The summed E-state index contributed by atoms with van der Waals surface area (Å²) in [6.45, 7) is -0.0895. The van der Waals surface area contributed by atoms with Gasteiger partial charge in [-0.25, -0.2) is 0 Å². The normalized spacial score (nSPS) is 10.6. The number of hydrogen-bond acceptors (Lipinski definition) is 5. The third-order valence-electron chi connectivity index (χ3n) is 2.27. The molecule has 0 fully saturated rings. The van der Waals surface area contributed by atoms with Crippen LogP contribution < -0.4 is 0 Å². The van der Waals surface area contributed by atoms with Crippen molar-refractivity contribution in [3.63, 3.8) is 0 Å². The maximum absolute atomic E-state index is 11.6. The monoisotopic (exact) mass is 235 g/mol. The van der Waals surface area contributed by atoms with Gasteiger partial charge in [0.25, 0.3) is 11.6 Å². The molecule has 0 atom stereocenters. The second-order valence-corrected chi connectivity index (χ2v) is 3.38. The molecule has 0 aliphatic rings. The van der Waals surface area contributed by atoms with E-state index in [1.54, 1.807) is 0 Å². The zero-order valence-electron chi connectivity index (χ0n) is 8.99. The third kappa shape index (κ3) is 2.00. The lowest BCUT2D eigenvalue weighted by atomic mass is 10.2. The fourth-order valence-electron chi connectivity index (χ4n) is 1.52. The lowest BCUT2D eigenvalue weighted by Gasteiger charge is -2.00. The number of nitro benzene ring substituents is 1. The molecule has 1 aromatic carbocycles. The number of rotatable bonds is 3. The summed E-state index contributed by atoms with van der Waals surface area (Å²) < 4.78 is 5.89. The maximum Gasteiger partial charge on any atom is 0.273 e. The molecule has 0 saturated carbocycles. The first-order valence-corrected chi connectivity index (χ1v) is 4.78. The van der Waals surface area contributed by atoms with Gasteiger partial charge >= 0.3 is 0 Å². The summed E-state index contributed by atoms with van der Waals surface area (Å²) in [4.78, 5) is 21.7. The van der Waals surface area contributed by atoms with Gasteiger partial charge in [-0.2, -0.15) is 9.78 Å². The van der Waals surface area contributed by atoms with Crippen LogP contribution >= 0.6 is 0 Å². The Morgan fingerprint density at radius 2 is 2.35 bits per heavy atom. The van der Waals surface area contributed by atoms with Crippen molar-refractivity contribution in [2.24, 2.45) is 0 Å². The molecule has 2 aromatic rings. The SMILES string of the molecule is COCC(=O)n1ncc2cc([N+](=O)[O-])ccc21. The van der Waals surface area contributed by atoms with Gasteiger partial charge in [-0.05, 0) is 6.07 Å². The minimum atomic E-state index is -0.492. The second-order valence-electron chi connectivity index (χ2n) is 3.38. The van der Waals surface area contributed by atoms with Gasteiger partial charge in [-0.1, -0.05) is 0 Å². The Bertz CT molecular complexity index is 590. The molecule has 0 unspecified atom stereocenters. The molecule has 0 aliphatic heterocycles. The number of nitro groups is 1. The number of non-ortho nitro benzene ring substituents is 1. The van der Waals surface area contributed by atoms with Crippen molar-refractivity contribution in [3.05, 3.63) is 34.5 Å². The lowest BCUT2D eigenvalue weighted by Crippen LogP contribution is -2.17. The molecule has 0 spiro atoms. The molecule has 0 radical (unpaired) electrons. The maximum atomic E-state index is 11.6. The third-order valence-corrected chi connectivity index (χ3v) is 2.27. The fourth-order valence-corrected chi connectivity index (χ4v) is 1.52. The van der Waals surface area contributed by atoms with E-state index in [2.05, 4.69) is 5.10 Å². The summed E-state index contributed by atoms with van der Waals surface area (Å²) in [5.41, 5.74) is 0.494. The average Bonchev–Trinajstić information content (AvgIpc) is 2.71. The van der Waals surface area contributed by atoms with Gasteiger partial charge in [0.15, 0.2) is 0 Å². The Labute approximate surface area is 95.7 Å². The number of nitrogens with zero attached hydrogens (tertiary/aromatic N) is 3. The molecular formula is C10H9N3O4. The highest BCUT2D eigenvalue weighted by Gasteiger charge is 2.13. The summed E-state index contributed by atoms with van der Waals surface area (Å²) >= 11 is 0. The Morgan fingerprint density at radius 1 is 1.59 bits per heavy atom. The van der Waals surface area contributed by atoms with Gasteiger partial charge in [-0.3, -0.25) is 14.9 Å². The van der Waals surface area contributed by atoms with Crippen LogP contribution in [0.2, 0.25) is 0 Å². The van der Waals surface area contributed by atoms with E-state index in [0.29, 0.717) is 10.9 Å². The second kappa shape index (κ2) is 4.30. The van der Waals surface area contributed by atoms with Crippen LogP contribution in [0.25, 0.3) is 10.9 Å². The Kier molecular flexibility index (Phi) is 2.84. The molecule has 2 rings (SSSR count). The predicted octanol–water partition coefficient (Wildman–Crippen LogP) is 1.23. The average molecular weight is 235 g/mol. The molecule has 1 heterocycles. The van der Waals surface area contributed by atoms with E-state index in [9.17, 15) is 14.9 Å². The topological polar surface area (TPSA) is 87.3 Å². The highest BCUT2D eigenvalue weighted by atomic mass is 16.6. The Morgan fingerprint density at radius 3 is 3.00 bits per heavy atom. The molecule has 88 valence electrons. The molecule has 17 heavy (non-hydrogen) atoms. The minimum Gasteiger partial charge on any atom is -0.375 e. The van der Waals surface area contributed by atoms with Gasteiger partial charge in [-0.15, -0.1) is 0 Å². The summed E-state index contributed by atoms with van der Waals surface area (Å²) in [6, 6.07) is 4.20. The first kappa shape index (κ1) is 11.2. The predicted molar refractivity (Wildman–Crippen MR) is 58.9 cm³/mol. The Balaban J connectivity index is 2.48. The molecule has 7 nitrogen and oxygen atoms in total. The van der Waals surface area contributed by atoms with E-state index < -0.39 is 4.92 Å². The first-order valence-electron chi connectivity index (χ1n) is 4.78. The van der Waals surface area contributed by atoms with Crippen molar-refractivity contribution in [3.8, 4) is 0 Å². The Hall–Kier alpha value is -2.28. The fraction of sp³-hybridized carbons (Fsp3) is 0.200. The van der Waals surface area contributed by atoms with Crippen molar-refractivity contribution in [2.75, 3.05) is 13.7 Å². The number of fused-ring (bicyclic) bond motifs is 1. The smallest absolute Gasteiger partial charge is 0.273 e. The minimum absolute atomic E-state index is 0.0313. The number of carbonyl (C=O) groups excluding carboxylic acids is 1. The van der Waals surface area contributed by atoms with Crippen LogP contribution in [0.15, 0.2) is 24.4 Å². The van der Waals surface area contributed by atoms with Crippen LogP contribution in [0.1, 0.15) is 4.79 Å². The van der Waals surface area contributed by atoms with E-state index in [4.69, 9.17) is 4.74 Å². The molecule has 0 aliphatic carbocycles. The van der Waals surface area contributed by atoms with Gasteiger partial charge < -0.3 is 4.74 Å². The van der Waals surface area contributed by atoms with Crippen LogP contribution in [0.5, 0.6) is 0 Å². The largest absolute Gasteiger partial charge is 0.375 e. The number of ether oxygens (including phenoxy) is 1. The standard InChI is InChI=1S/C10H9N3O4/c1-17-6-10(14)12-9-3-2-8(13(15)16)4-7(9)5-11-12/h2-5H,6H2,1H3. The summed E-state index contributed by atoms with van der Waals surface area (Å²) in [6.07, 6.45) is 1.41. The van der Waals surface area contributed by atoms with E-state index >= 15 is 0 Å². The summed E-state index contributed by atoms with van der Waals surface area (Å²) in [5.74, 6) is -0.323. The number of carbonyl (C=O) groups is 1.